The number of carbonyl (C=O) groups is 3. The van der Waals surface area contributed by atoms with Crippen LogP contribution >= 0.6 is 0 Å². The van der Waals surface area contributed by atoms with Gasteiger partial charge < -0.3 is 18.9 Å². The van der Waals surface area contributed by atoms with E-state index in [0.29, 0.717) is 5.56 Å². The molecule has 4 rings (SSSR count). The van der Waals surface area contributed by atoms with Gasteiger partial charge in [0.25, 0.3) is 0 Å². The van der Waals surface area contributed by atoms with E-state index in [1.165, 1.54) is 6.92 Å². The molecule has 1 aromatic rings. The number of fused-ring (bicyclic) bond motifs is 2. The van der Waals surface area contributed by atoms with Gasteiger partial charge in [-0.3, -0.25) is 9.59 Å². The molecule has 2 aliphatic heterocycles. The zero-order valence-corrected chi connectivity index (χ0v) is 14.6. The summed E-state index contributed by atoms with van der Waals surface area (Å²) in [5.41, 5.74) is -0.580. The van der Waals surface area contributed by atoms with Crippen molar-refractivity contribution in [3.8, 4) is 0 Å². The lowest BCUT2D eigenvalue weighted by molar-refractivity contribution is -0.281. The third-order valence-electron chi connectivity index (χ3n) is 5.49. The number of esters is 2. The lowest BCUT2D eigenvalue weighted by atomic mass is 9.69. The van der Waals surface area contributed by atoms with Crippen LogP contribution in [0.4, 0.5) is 0 Å². The molecule has 3 fully saturated rings. The van der Waals surface area contributed by atoms with Crippen molar-refractivity contribution in [1.29, 1.82) is 0 Å². The summed E-state index contributed by atoms with van der Waals surface area (Å²) in [6, 6.07) is 8.63. The van der Waals surface area contributed by atoms with E-state index in [2.05, 4.69) is 0 Å². The van der Waals surface area contributed by atoms with Crippen LogP contribution in [0, 0.1) is 11.8 Å². The maximum absolute atomic E-state index is 12.6. The van der Waals surface area contributed by atoms with Gasteiger partial charge in [-0.05, 0) is 19.1 Å². The Morgan fingerprint density at radius 2 is 1.96 bits per heavy atom. The summed E-state index contributed by atoms with van der Waals surface area (Å²) in [5.74, 6) is -3.05. The molecule has 0 N–H and O–H groups in total. The van der Waals surface area contributed by atoms with E-state index in [1.807, 2.05) is 6.07 Å². The Labute approximate surface area is 150 Å². The Hall–Kier alpha value is -2.25. The molecule has 0 radical (unpaired) electrons. The maximum atomic E-state index is 12.6. The minimum atomic E-state index is -1.25. The molecule has 0 amide bonds. The van der Waals surface area contributed by atoms with Gasteiger partial charge in [0.1, 0.15) is 18.0 Å². The van der Waals surface area contributed by atoms with E-state index in [9.17, 15) is 14.4 Å². The van der Waals surface area contributed by atoms with Gasteiger partial charge >= 0.3 is 11.9 Å². The first-order valence-corrected chi connectivity index (χ1v) is 8.64. The van der Waals surface area contributed by atoms with Crippen molar-refractivity contribution in [3.05, 3.63) is 35.9 Å². The molecule has 2 saturated heterocycles. The van der Waals surface area contributed by atoms with Crippen molar-refractivity contribution < 1.29 is 33.3 Å². The van der Waals surface area contributed by atoms with Crippen LogP contribution in [0.25, 0.3) is 0 Å². The zero-order valence-electron chi connectivity index (χ0n) is 14.6. The second-order valence-corrected chi connectivity index (χ2v) is 7.26. The van der Waals surface area contributed by atoms with Crippen molar-refractivity contribution >= 4 is 17.7 Å². The van der Waals surface area contributed by atoms with Crippen LogP contribution in [0.15, 0.2) is 30.3 Å². The number of carbonyl (C=O) groups excluding carboxylic acids is 3. The summed E-state index contributed by atoms with van der Waals surface area (Å²) in [6.07, 6.45) is -0.440. The lowest BCUT2D eigenvalue weighted by Gasteiger charge is -2.47. The van der Waals surface area contributed by atoms with Crippen molar-refractivity contribution in [2.45, 2.75) is 44.4 Å². The van der Waals surface area contributed by atoms with E-state index in [4.69, 9.17) is 18.9 Å². The molecule has 5 atom stereocenters. The third-order valence-corrected chi connectivity index (χ3v) is 5.49. The van der Waals surface area contributed by atoms with E-state index < -0.39 is 41.5 Å². The molecular weight excluding hydrogens is 340 g/mol. The largest absolute Gasteiger partial charge is 0.462 e. The Morgan fingerprint density at radius 3 is 2.65 bits per heavy atom. The van der Waals surface area contributed by atoms with Crippen LogP contribution in [0.5, 0.6) is 0 Å². The summed E-state index contributed by atoms with van der Waals surface area (Å²) in [6.45, 7) is 3.03. The average molecular weight is 360 g/mol. The van der Waals surface area contributed by atoms with Crippen LogP contribution in [-0.4, -0.2) is 42.0 Å². The highest BCUT2D eigenvalue weighted by Crippen LogP contribution is 2.58. The molecule has 138 valence electrons. The fourth-order valence-electron chi connectivity index (χ4n) is 4.17. The number of hydrogen-bond acceptors (Lipinski definition) is 7. The van der Waals surface area contributed by atoms with Gasteiger partial charge in [-0.25, -0.2) is 4.79 Å². The van der Waals surface area contributed by atoms with Crippen LogP contribution in [0.3, 0.4) is 0 Å². The van der Waals surface area contributed by atoms with Gasteiger partial charge in [-0.15, -0.1) is 0 Å². The molecule has 0 aromatic heterocycles. The first-order valence-electron chi connectivity index (χ1n) is 8.64. The minimum Gasteiger partial charge on any atom is -0.462 e. The molecule has 2 heterocycles. The highest BCUT2D eigenvalue weighted by atomic mass is 16.8. The molecule has 1 aromatic carbocycles. The summed E-state index contributed by atoms with van der Waals surface area (Å²) >= 11 is 0. The topological polar surface area (TPSA) is 88.1 Å². The molecule has 0 spiro atoms. The van der Waals surface area contributed by atoms with Crippen molar-refractivity contribution in [2.75, 3.05) is 6.61 Å². The molecule has 26 heavy (non-hydrogen) atoms. The number of hydrogen-bond donors (Lipinski definition) is 0. The number of ketones is 1. The molecule has 7 heteroatoms. The standard InChI is InChI=1S/C19H20O7/c1-11(20)24-19-8-13-14(10-23-16(22)12-6-4-3-5-7-12)17(26-19)25-18(19,2)9-15(13)21/h3-7,13-14,17H,8-10H2,1-2H3/t13-,14?,17+,18+,19-/m1/s1. The van der Waals surface area contributed by atoms with Gasteiger partial charge in [0.05, 0.1) is 11.5 Å². The molecule has 1 unspecified atom stereocenters. The van der Waals surface area contributed by atoms with Gasteiger partial charge in [0.2, 0.25) is 5.79 Å². The molecule has 3 bridgehead atoms. The van der Waals surface area contributed by atoms with Gasteiger partial charge in [0.15, 0.2) is 6.29 Å². The monoisotopic (exact) mass is 360 g/mol. The maximum Gasteiger partial charge on any atom is 0.338 e. The van der Waals surface area contributed by atoms with E-state index in [-0.39, 0.29) is 25.2 Å². The van der Waals surface area contributed by atoms with Crippen LogP contribution in [-0.2, 0) is 28.5 Å². The smallest absolute Gasteiger partial charge is 0.338 e. The Morgan fingerprint density at radius 1 is 1.23 bits per heavy atom. The molecule has 1 saturated carbocycles. The predicted molar refractivity (Wildman–Crippen MR) is 86.8 cm³/mol. The van der Waals surface area contributed by atoms with Crippen molar-refractivity contribution in [2.24, 2.45) is 11.8 Å². The number of ether oxygens (including phenoxy) is 4. The fourth-order valence-corrected chi connectivity index (χ4v) is 4.17. The Balaban J connectivity index is 1.52. The van der Waals surface area contributed by atoms with Gasteiger partial charge in [0, 0.05) is 25.7 Å². The van der Waals surface area contributed by atoms with Crippen LogP contribution < -0.4 is 0 Å². The van der Waals surface area contributed by atoms with Crippen LogP contribution in [0.2, 0.25) is 0 Å². The normalized spacial score (nSPS) is 37.5. The van der Waals surface area contributed by atoms with E-state index in [0.717, 1.165) is 0 Å². The van der Waals surface area contributed by atoms with Gasteiger partial charge in [-0.2, -0.15) is 0 Å². The molecule has 3 aliphatic rings. The molecular formula is C19H20O7. The van der Waals surface area contributed by atoms with Crippen molar-refractivity contribution in [3.63, 3.8) is 0 Å². The predicted octanol–water partition coefficient (Wildman–Crippen LogP) is 1.84. The minimum absolute atomic E-state index is 0.00102. The lowest BCUT2D eigenvalue weighted by Crippen LogP contribution is -2.61. The highest BCUT2D eigenvalue weighted by molar-refractivity contribution is 5.89. The Kier molecular flexibility index (Phi) is 3.89. The first-order chi connectivity index (χ1) is 12.3. The quantitative estimate of drug-likeness (QED) is 0.757. The van der Waals surface area contributed by atoms with E-state index >= 15 is 0 Å². The van der Waals surface area contributed by atoms with Crippen molar-refractivity contribution in [1.82, 2.24) is 0 Å². The van der Waals surface area contributed by atoms with E-state index in [1.54, 1.807) is 31.2 Å². The molecule has 7 nitrogen and oxygen atoms in total. The number of rotatable bonds is 4. The van der Waals surface area contributed by atoms with Gasteiger partial charge in [-0.1, -0.05) is 18.2 Å². The Bertz CT molecular complexity index is 760. The third kappa shape index (κ3) is 2.54. The highest BCUT2D eigenvalue weighted by Gasteiger charge is 2.72. The second-order valence-electron chi connectivity index (χ2n) is 7.26. The second kappa shape index (κ2) is 5.89. The summed E-state index contributed by atoms with van der Waals surface area (Å²) in [7, 11) is 0. The number of benzene rings is 1. The summed E-state index contributed by atoms with van der Waals surface area (Å²) < 4.78 is 22.8. The summed E-state index contributed by atoms with van der Waals surface area (Å²) in [4.78, 5) is 36.3. The average Bonchev–Trinajstić information content (AvgIpc) is 2.77. The number of Topliss-reactive ketones (excluding diaryl/α,β-unsaturated/α-hetero) is 1. The zero-order chi connectivity index (χ0) is 18.5. The summed E-state index contributed by atoms with van der Waals surface area (Å²) in [5, 5.41) is 0. The first kappa shape index (κ1) is 17.2. The van der Waals surface area contributed by atoms with Crippen LogP contribution in [0.1, 0.15) is 37.0 Å². The SMILES string of the molecule is CC(=O)O[C@@]12C[C@H]3C(=O)C[C@]1(C)O[C@@H](O2)C3COC(=O)c1ccccc1. The fraction of sp³-hybridized carbons (Fsp3) is 0.526. The molecule has 1 aliphatic carbocycles.